The molecular weight excluding hydrogens is 286 g/mol. The number of halogens is 1. The van der Waals surface area contributed by atoms with Gasteiger partial charge >= 0.3 is 0 Å². The van der Waals surface area contributed by atoms with E-state index in [9.17, 15) is 0 Å². The first-order chi connectivity index (χ1) is 10.1. The van der Waals surface area contributed by atoms with Gasteiger partial charge in [-0.2, -0.15) is 0 Å². The Hall–Kier alpha value is -1.36. The lowest BCUT2D eigenvalue weighted by atomic mass is 10.1. The highest BCUT2D eigenvalue weighted by atomic mass is 35.5. The van der Waals surface area contributed by atoms with Gasteiger partial charge in [0.05, 0.1) is 12.2 Å². The molecule has 1 heterocycles. The lowest BCUT2D eigenvalue weighted by Crippen LogP contribution is -2.21. The maximum Gasteiger partial charge on any atom is 0.151 e. The minimum Gasteiger partial charge on any atom is -0.360 e. The van der Waals surface area contributed by atoms with Crippen LogP contribution in [0.25, 0.3) is 0 Å². The molecule has 0 saturated carbocycles. The molecule has 2 aromatic rings. The van der Waals surface area contributed by atoms with Crippen LogP contribution in [-0.2, 0) is 13.1 Å². The van der Waals surface area contributed by atoms with Gasteiger partial charge in [-0.25, -0.2) is 0 Å². The third-order valence-electron chi connectivity index (χ3n) is 3.56. The third-order valence-corrected chi connectivity index (χ3v) is 3.80. The molecule has 0 fully saturated rings. The summed E-state index contributed by atoms with van der Waals surface area (Å²) in [7, 11) is 2.07. The molecule has 0 aliphatic heterocycles. The third kappa shape index (κ3) is 4.56. The molecule has 21 heavy (non-hydrogen) atoms. The SMILES string of the molecule is CCNCc1cc(CN(C)C(C)c2cccc(Cl)c2)on1. The zero-order chi connectivity index (χ0) is 15.2. The van der Waals surface area contributed by atoms with Crippen molar-refractivity contribution in [3.8, 4) is 0 Å². The van der Waals surface area contributed by atoms with Crippen LogP contribution in [0.1, 0.15) is 36.9 Å². The summed E-state index contributed by atoms with van der Waals surface area (Å²) < 4.78 is 5.38. The minimum absolute atomic E-state index is 0.256. The quantitative estimate of drug-likeness (QED) is 0.848. The van der Waals surface area contributed by atoms with Crippen molar-refractivity contribution in [2.24, 2.45) is 0 Å². The Bertz CT molecular complexity index is 570. The van der Waals surface area contributed by atoms with Gasteiger partial charge in [0.15, 0.2) is 5.76 Å². The molecule has 114 valence electrons. The standard InChI is InChI=1S/C16H22ClN3O/c1-4-18-10-15-9-16(21-19-15)11-20(3)12(2)13-6-5-7-14(17)8-13/h5-9,12,18H,4,10-11H2,1-3H3. The van der Waals surface area contributed by atoms with E-state index in [1.54, 1.807) is 0 Å². The Kier molecular flexibility index (Phi) is 5.79. The summed E-state index contributed by atoms with van der Waals surface area (Å²) in [6, 6.07) is 10.2. The van der Waals surface area contributed by atoms with E-state index in [2.05, 4.69) is 42.3 Å². The van der Waals surface area contributed by atoms with Crippen molar-refractivity contribution in [1.82, 2.24) is 15.4 Å². The molecule has 5 heteroatoms. The van der Waals surface area contributed by atoms with E-state index in [0.29, 0.717) is 6.54 Å². The normalized spacial score (nSPS) is 12.8. The fourth-order valence-electron chi connectivity index (χ4n) is 2.17. The molecule has 1 unspecified atom stereocenters. The molecule has 0 amide bonds. The molecule has 1 aromatic carbocycles. The fourth-order valence-corrected chi connectivity index (χ4v) is 2.37. The summed E-state index contributed by atoms with van der Waals surface area (Å²) in [5.74, 6) is 0.874. The summed E-state index contributed by atoms with van der Waals surface area (Å²) in [6.07, 6.45) is 0. The molecule has 1 aromatic heterocycles. The highest BCUT2D eigenvalue weighted by molar-refractivity contribution is 6.30. The number of aromatic nitrogens is 1. The Morgan fingerprint density at radius 3 is 2.90 bits per heavy atom. The van der Waals surface area contributed by atoms with Gasteiger partial charge in [0, 0.05) is 23.7 Å². The van der Waals surface area contributed by atoms with Crippen LogP contribution in [0.2, 0.25) is 5.02 Å². The first-order valence-electron chi connectivity index (χ1n) is 7.21. The molecule has 0 aliphatic carbocycles. The molecule has 4 nitrogen and oxygen atoms in total. The van der Waals surface area contributed by atoms with Crippen molar-refractivity contribution >= 4 is 11.6 Å². The van der Waals surface area contributed by atoms with Crippen LogP contribution < -0.4 is 5.32 Å². The Balaban J connectivity index is 1.97. The zero-order valence-corrected chi connectivity index (χ0v) is 13.5. The number of hydrogen-bond acceptors (Lipinski definition) is 4. The Morgan fingerprint density at radius 2 is 2.19 bits per heavy atom. The number of hydrogen-bond donors (Lipinski definition) is 1. The molecule has 1 N–H and O–H groups in total. The fraction of sp³-hybridized carbons (Fsp3) is 0.438. The van der Waals surface area contributed by atoms with Gasteiger partial charge in [-0.05, 0) is 38.2 Å². The molecular formula is C16H22ClN3O. The number of rotatable bonds is 7. The number of benzene rings is 1. The summed E-state index contributed by atoms with van der Waals surface area (Å²) >= 11 is 6.05. The number of nitrogens with zero attached hydrogens (tertiary/aromatic N) is 2. The summed E-state index contributed by atoms with van der Waals surface area (Å²) in [5.41, 5.74) is 2.13. The van der Waals surface area contributed by atoms with Gasteiger partial charge in [-0.1, -0.05) is 35.8 Å². The van der Waals surface area contributed by atoms with Crippen LogP contribution in [0.5, 0.6) is 0 Å². The van der Waals surface area contributed by atoms with Crippen molar-refractivity contribution in [2.75, 3.05) is 13.6 Å². The van der Waals surface area contributed by atoms with Gasteiger partial charge < -0.3 is 9.84 Å². The first-order valence-corrected chi connectivity index (χ1v) is 7.58. The van der Waals surface area contributed by atoms with E-state index < -0.39 is 0 Å². The van der Waals surface area contributed by atoms with E-state index in [1.807, 2.05) is 24.3 Å². The van der Waals surface area contributed by atoms with Gasteiger partial charge in [-0.3, -0.25) is 4.90 Å². The molecule has 0 radical (unpaired) electrons. The highest BCUT2D eigenvalue weighted by Crippen LogP contribution is 2.23. The lowest BCUT2D eigenvalue weighted by molar-refractivity contribution is 0.220. The van der Waals surface area contributed by atoms with Crippen LogP contribution in [0, 0.1) is 0 Å². The summed E-state index contributed by atoms with van der Waals surface area (Å²) in [6.45, 7) is 6.61. The maximum atomic E-state index is 6.05. The van der Waals surface area contributed by atoms with Gasteiger partial charge in [-0.15, -0.1) is 0 Å². The van der Waals surface area contributed by atoms with Crippen LogP contribution in [0.3, 0.4) is 0 Å². The van der Waals surface area contributed by atoms with Crippen LogP contribution in [0.4, 0.5) is 0 Å². The van der Waals surface area contributed by atoms with E-state index in [1.165, 1.54) is 5.56 Å². The van der Waals surface area contributed by atoms with Crippen LogP contribution in [0.15, 0.2) is 34.9 Å². The molecule has 0 bridgehead atoms. The van der Waals surface area contributed by atoms with E-state index >= 15 is 0 Å². The Labute approximate surface area is 131 Å². The second-order valence-corrected chi connectivity index (χ2v) is 5.65. The highest BCUT2D eigenvalue weighted by Gasteiger charge is 2.14. The smallest absolute Gasteiger partial charge is 0.151 e. The van der Waals surface area contributed by atoms with Gasteiger partial charge in [0.25, 0.3) is 0 Å². The largest absolute Gasteiger partial charge is 0.360 e. The molecule has 0 aliphatic rings. The predicted molar refractivity (Wildman–Crippen MR) is 85.2 cm³/mol. The van der Waals surface area contributed by atoms with Crippen molar-refractivity contribution in [2.45, 2.75) is 33.0 Å². The molecule has 0 saturated heterocycles. The van der Waals surface area contributed by atoms with Crippen molar-refractivity contribution in [3.63, 3.8) is 0 Å². The van der Waals surface area contributed by atoms with Gasteiger partial charge in [0.2, 0.25) is 0 Å². The molecule has 0 spiro atoms. The summed E-state index contributed by atoms with van der Waals surface area (Å²) in [5, 5.41) is 8.07. The zero-order valence-electron chi connectivity index (χ0n) is 12.8. The predicted octanol–water partition coefficient (Wildman–Crippen LogP) is 3.63. The number of nitrogens with one attached hydrogen (secondary N) is 1. The Morgan fingerprint density at radius 1 is 1.38 bits per heavy atom. The van der Waals surface area contributed by atoms with Crippen molar-refractivity contribution in [1.29, 1.82) is 0 Å². The molecule has 2 rings (SSSR count). The lowest BCUT2D eigenvalue weighted by Gasteiger charge is -2.23. The van der Waals surface area contributed by atoms with Crippen LogP contribution >= 0.6 is 11.6 Å². The van der Waals surface area contributed by atoms with E-state index in [0.717, 1.165) is 29.6 Å². The topological polar surface area (TPSA) is 41.3 Å². The second kappa shape index (κ2) is 7.59. The summed E-state index contributed by atoms with van der Waals surface area (Å²) in [4.78, 5) is 2.21. The van der Waals surface area contributed by atoms with E-state index in [4.69, 9.17) is 16.1 Å². The first kappa shape index (κ1) is 16.0. The van der Waals surface area contributed by atoms with E-state index in [-0.39, 0.29) is 6.04 Å². The maximum absolute atomic E-state index is 6.05. The monoisotopic (exact) mass is 307 g/mol. The van der Waals surface area contributed by atoms with Crippen molar-refractivity contribution in [3.05, 3.63) is 52.4 Å². The minimum atomic E-state index is 0.256. The average molecular weight is 308 g/mol. The van der Waals surface area contributed by atoms with Gasteiger partial charge in [0.1, 0.15) is 0 Å². The molecule has 1 atom stereocenters. The second-order valence-electron chi connectivity index (χ2n) is 5.21. The van der Waals surface area contributed by atoms with Crippen molar-refractivity contribution < 1.29 is 4.52 Å². The average Bonchev–Trinajstić information content (AvgIpc) is 2.91. The van der Waals surface area contributed by atoms with Crippen LogP contribution in [-0.4, -0.2) is 23.6 Å².